The molecule has 0 saturated carbocycles. The van der Waals surface area contributed by atoms with E-state index in [0.717, 1.165) is 16.6 Å². The maximum absolute atomic E-state index is 11.3. The monoisotopic (exact) mass is 340 g/mol. The van der Waals surface area contributed by atoms with Crippen LogP contribution in [0.2, 0.25) is 0 Å². The second kappa shape index (κ2) is 7.31. The number of esters is 1. The Labute approximate surface area is 145 Å². The van der Waals surface area contributed by atoms with E-state index in [4.69, 9.17) is 9.47 Å². The second-order valence-corrected chi connectivity index (χ2v) is 5.68. The normalized spacial score (nSPS) is 12.1. The lowest BCUT2D eigenvalue weighted by Gasteiger charge is -2.19. The lowest BCUT2D eigenvalue weighted by Crippen LogP contribution is -2.17. The molecule has 130 valence electrons. The highest BCUT2D eigenvalue weighted by atomic mass is 16.5. The largest absolute Gasteiger partial charge is 0.425 e. The van der Waals surface area contributed by atoms with Crippen LogP contribution in [0.5, 0.6) is 5.75 Å². The van der Waals surface area contributed by atoms with Gasteiger partial charge in [0.05, 0.1) is 18.8 Å². The maximum atomic E-state index is 11.3. The van der Waals surface area contributed by atoms with Crippen molar-refractivity contribution in [1.82, 2.24) is 14.6 Å². The molecule has 0 radical (unpaired) electrons. The molecule has 3 rings (SSSR count). The molecule has 25 heavy (non-hydrogen) atoms. The molecule has 1 N–H and O–H groups in total. The van der Waals surface area contributed by atoms with Crippen molar-refractivity contribution in [3.63, 3.8) is 0 Å². The summed E-state index contributed by atoms with van der Waals surface area (Å²) in [6.07, 6.45) is 3.13. The Morgan fingerprint density at radius 1 is 1.32 bits per heavy atom. The molecule has 1 unspecified atom stereocenters. The molecule has 3 aromatic rings. The van der Waals surface area contributed by atoms with Gasteiger partial charge < -0.3 is 14.8 Å². The fraction of sp³-hybridized carbons (Fsp3) is 0.278. The summed E-state index contributed by atoms with van der Waals surface area (Å²) < 4.78 is 12.2. The lowest BCUT2D eigenvalue weighted by atomic mass is 10.1. The second-order valence-electron chi connectivity index (χ2n) is 5.68. The SMILES string of the molecule is COCC(Nc1ncnn2cc(OC(C)=O)c(C)c12)c1ccccc1. The van der Waals surface area contributed by atoms with E-state index < -0.39 is 0 Å². The van der Waals surface area contributed by atoms with E-state index in [1.807, 2.05) is 37.3 Å². The molecule has 0 amide bonds. The predicted octanol–water partition coefficient (Wildman–Crippen LogP) is 2.76. The zero-order valence-electron chi connectivity index (χ0n) is 14.4. The lowest BCUT2D eigenvalue weighted by molar-refractivity contribution is -0.131. The van der Waals surface area contributed by atoms with E-state index in [1.165, 1.54) is 13.3 Å². The number of hydrogen-bond donors (Lipinski definition) is 1. The molecule has 1 atom stereocenters. The van der Waals surface area contributed by atoms with Crippen molar-refractivity contribution in [2.24, 2.45) is 0 Å². The van der Waals surface area contributed by atoms with Crippen molar-refractivity contribution < 1.29 is 14.3 Å². The van der Waals surface area contributed by atoms with Crippen LogP contribution in [-0.4, -0.2) is 34.3 Å². The molecule has 2 aromatic heterocycles. The van der Waals surface area contributed by atoms with Gasteiger partial charge in [-0.3, -0.25) is 4.79 Å². The Bertz CT molecular complexity index is 877. The summed E-state index contributed by atoms with van der Waals surface area (Å²) >= 11 is 0. The van der Waals surface area contributed by atoms with Gasteiger partial charge in [-0.05, 0) is 12.5 Å². The van der Waals surface area contributed by atoms with Gasteiger partial charge in [0.15, 0.2) is 11.6 Å². The Balaban J connectivity index is 1.99. The third-order valence-electron chi connectivity index (χ3n) is 3.88. The van der Waals surface area contributed by atoms with Crippen LogP contribution < -0.4 is 10.1 Å². The van der Waals surface area contributed by atoms with E-state index in [0.29, 0.717) is 18.2 Å². The fourth-order valence-corrected chi connectivity index (χ4v) is 2.74. The summed E-state index contributed by atoms with van der Waals surface area (Å²) in [4.78, 5) is 15.6. The number of methoxy groups -OCH3 is 1. The van der Waals surface area contributed by atoms with Gasteiger partial charge in [-0.1, -0.05) is 30.3 Å². The number of aryl methyl sites for hydroxylation is 1. The van der Waals surface area contributed by atoms with E-state index in [2.05, 4.69) is 15.4 Å². The van der Waals surface area contributed by atoms with Crippen molar-refractivity contribution >= 4 is 17.3 Å². The summed E-state index contributed by atoms with van der Waals surface area (Å²) in [5, 5.41) is 7.61. The first-order valence-corrected chi connectivity index (χ1v) is 7.92. The van der Waals surface area contributed by atoms with Crippen LogP contribution >= 0.6 is 0 Å². The molecule has 2 heterocycles. The van der Waals surface area contributed by atoms with Crippen molar-refractivity contribution in [2.45, 2.75) is 19.9 Å². The molecule has 0 spiro atoms. The topological polar surface area (TPSA) is 77.8 Å². The van der Waals surface area contributed by atoms with Gasteiger partial charge in [0.1, 0.15) is 11.8 Å². The summed E-state index contributed by atoms with van der Waals surface area (Å²) in [7, 11) is 1.66. The number of carbonyl (C=O) groups is 1. The minimum Gasteiger partial charge on any atom is -0.425 e. The fourth-order valence-electron chi connectivity index (χ4n) is 2.74. The number of benzene rings is 1. The zero-order chi connectivity index (χ0) is 17.8. The van der Waals surface area contributed by atoms with Crippen molar-refractivity contribution in [1.29, 1.82) is 0 Å². The molecule has 7 heteroatoms. The van der Waals surface area contributed by atoms with Crippen LogP contribution in [0.4, 0.5) is 5.82 Å². The van der Waals surface area contributed by atoms with E-state index in [1.54, 1.807) is 17.8 Å². The number of nitrogens with one attached hydrogen (secondary N) is 1. The minimum atomic E-state index is -0.372. The first-order valence-electron chi connectivity index (χ1n) is 7.92. The van der Waals surface area contributed by atoms with Crippen LogP contribution in [-0.2, 0) is 9.53 Å². The summed E-state index contributed by atoms with van der Waals surface area (Å²) in [5.74, 6) is 0.749. The van der Waals surface area contributed by atoms with Crippen molar-refractivity contribution in [3.05, 3.63) is 54.0 Å². The third kappa shape index (κ3) is 3.61. The first-order chi connectivity index (χ1) is 12.1. The van der Waals surface area contributed by atoms with Crippen LogP contribution in [0.1, 0.15) is 24.1 Å². The van der Waals surface area contributed by atoms with Crippen molar-refractivity contribution in [3.8, 4) is 5.75 Å². The molecule has 0 fully saturated rings. The molecule has 1 aromatic carbocycles. The van der Waals surface area contributed by atoms with E-state index >= 15 is 0 Å². The average molecular weight is 340 g/mol. The van der Waals surface area contributed by atoms with Gasteiger partial charge in [-0.25, -0.2) is 9.50 Å². The van der Waals surface area contributed by atoms with Crippen molar-refractivity contribution in [2.75, 3.05) is 19.0 Å². The average Bonchev–Trinajstić information content (AvgIpc) is 2.91. The van der Waals surface area contributed by atoms with E-state index in [-0.39, 0.29) is 12.0 Å². The Morgan fingerprint density at radius 2 is 2.08 bits per heavy atom. The van der Waals surface area contributed by atoms with Gasteiger partial charge in [0.25, 0.3) is 0 Å². The summed E-state index contributed by atoms with van der Waals surface area (Å²) in [6, 6.07) is 9.93. The van der Waals surface area contributed by atoms with Gasteiger partial charge in [-0.2, -0.15) is 5.10 Å². The molecule has 0 aliphatic carbocycles. The van der Waals surface area contributed by atoms with Gasteiger partial charge in [-0.15, -0.1) is 0 Å². The summed E-state index contributed by atoms with van der Waals surface area (Å²) in [5.41, 5.74) is 2.64. The molecule has 0 saturated heterocycles. The number of fused-ring (bicyclic) bond motifs is 1. The van der Waals surface area contributed by atoms with Gasteiger partial charge >= 0.3 is 5.97 Å². The van der Waals surface area contributed by atoms with E-state index in [9.17, 15) is 4.79 Å². The number of aromatic nitrogens is 3. The van der Waals surface area contributed by atoms with Gasteiger partial charge in [0.2, 0.25) is 0 Å². The molecule has 0 aliphatic rings. The molecule has 0 bridgehead atoms. The predicted molar refractivity (Wildman–Crippen MR) is 93.7 cm³/mol. The number of hydrogen-bond acceptors (Lipinski definition) is 6. The highest BCUT2D eigenvalue weighted by molar-refractivity contribution is 5.78. The number of ether oxygens (including phenoxy) is 2. The quantitative estimate of drug-likeness (QED) is 0.695. The molecular weight excluding hydrogens is 320 g/mol. The standard InChI is InChI=1S/C18H20N4O3/c1-12-16(25-13(2)23)9-22-17(12)18(19-11-20-22)21-15(10-24-3)14-7-5-4-6-8-14/h4-9,11,15H,10H2,1-3H3,(H,19,20,21). The minimum absolute atomic E-state index is 0.0728. The Hall–Kier alpha value is -2.93. The van der Waals surface area contributed by atoms with Gasteiger partial charge in [0, 0.05) is 19.6 Å². The Kier molecular flexibility index (Phi) is 4.95. The zero-order valence-corrected chi connectivity index (χ0v) is 14.4. The Morgan fingerprint density at radius 3 is 2.76 bits per heavy atom. The van der Waals surface area contributed by atoms with Crippen LogP contribution in [0.3, 0.4) is 0 Å². The molecule has 0 aliphatic heterocycles. The summed E-state index contributed by atoms with van der Waals surface area (Å²) in [6.45, 7) is 3.73. The third-order valence-corrected chi connectivity index (χ3v) is 3.88. The first kappa shape index (κ1) is 16.9. The highest BCUT2D eigenvalue weighted by Gasteiger charge is 2.18. The number of rotatable bonds is 6. The van der Waals surface area contributed by atoms with Crippen LogP contribution in [0, 0.1) is 6.92 Å². The highest BCUT2D eigenvalue weighted by Crippen LogP contribution is 2.30. The number of nitrogens with zero attached hydrogens (tertiary/aromatic N) is 3. The van der Waals surface area contributed by atoms with Crippen LogP contribution in [0.25, 0.3) is 5.52 Å². The molecular formula is C18H20N4O3. The number of anilines is 1. The molecule has 7 nitrogen and oxygen atoms in total. The smallest absolute Gasteiger partial charge is 0.308 e. The van der Waals surface area contributed by atoms with Crippen LogP contribution in [0.15, 0.2) is 42.9 Å². The number of carbonyl (C=O) groups excluding carboxylic acids is 1. The maximum Gasteiger partial charge on any atom is 0.308 e.